The number of halogens is 2. The van der Waals surface area contributed by atoms with E-state index in [4.69, 9.17) is 24.2 Å². The Morgan fingerprint density at radius 3 is 2.00 bits per heavy atom. The molecule has 1 aromatic carbocycles. The number of furan rings is 1. The predicted molar refractivity (Wildman–Crippen MR) is 102 cm³/mol. The number of amides is 2. The summed E-state index contributed by atoms with van der Waals surface area (Å²) in [5.74, 6) is -5.12. The first-order chi connectivity index (χ1) is 14.7. The van der Waals surface area contributed by atoms with Gasteiger partial charge in [0.25, 0.3) is 0 Å². The molecule has 0 unspecified atom stereocenters. The van der Waals surface area contributed by atoms with Gasteiger partial charge in [-0.15, -0.1) is 0 Å². The predicted octanol–water partition coefficient (Wildman–Crippen LogP) is 1.75. The number of carbonyl (C=O) groups excluding carboxylic acids is 2. The highest BCUT2D eigenvalue weighted by molar-refractivity contribution is 6.27. The van der Waals surface area contributed by atoms with E-state index in [1.807, 2.05) is 4.90 Å². The maximum Gasteiger partial charge on any atom is 0.414 e. The third-order valence-corrected chi connectivity index (χ3v) is 4.20. The molecule has 12 heteroatoms. The molecule has 1 aliphatic heterocycles. The van der Waals surface area contributed by atoms with E-state index < -0.39 is 35.3 Å². The minimum atomic E-state index is -1.82. The Morgan fingerprint density at radius 2 is 1.52 bits per heavy atom. The van der Waals surface area contributed by atoms with Crippen LogP contribution in [0, 0.1) is 11.6 Å². The largest absolute Gasteiger partial charge is 0.473 e. The molecule has 0 bridgehead atoms. The number of carboxylic acid groups (broad SMARTS) is 2. The van der Waals surface area contributed by atoms with Gasteiger partial charge in [-0.1, -0.05) is 6.07 Å². The second kappa shape index (κ2) is 10.8. The molecule has 2 amide bonds. The van der Waals surface area contributed by atoms with Crippen molar-refractivity contribution in [2.45, 2.75) is 0 Å². The van der Waals surface area contributed by atoms with Crippen molar-refractivity contribution in [3.63, 3.8) is 0 Å². The molecule has 1 aromatic heterocycles. The van der Waals surface area contributed by atoms with Crippen molar-refractivity contribution in [3.8, 4) is 0 Å². The molecule has 0 spiro atoms. The lowest BCUT2D eigenvalue weighted by Gasteiger charge is -2.34. The monoisotopic (exact) mass is 439 g/mol. The zero-order chi connectivity index (χ0) is 23.0. The van der Waals surface area contributed by atoms with Crippen LogP contribution in [-0.2, 0) is 9.59 Å². The van der Waals surface area contributed by atoms with Crippen LogP contribution < -0.4 is 5.32 Å². The summed E-state index contributed by atoms with van der Waals surface area (Å²) < 4.78 is 32.2. The first kappa shape index (κ1) is 23.5. The molecule has 0 aliphatic carbocycles. The highest BCUT2D eigenvalue weighted by atomic mass is 19.1. The highest BCUT2D eigenvalue weighted by Crippen LogP contribution is 2.19. The first-order valence-electron chi connectivity index (χ1n) is 8.94. The minimum Gasteiger partial charge on any atom is -0.473 e. The van der Waals surface area contributed by atoms with Gasteiger partial charge in [-0.05, 0) is 24.3 Å². The molecule has 1 saturated heterocycles. The van der Waals surface area contributed by atoms with Gasteiger partial charge in [-0.25, -0.2) is 23.2 Å². The molecular formula is C19H19F2N3O7. The minimum absolute atomic E-state index is 0.128. The molecule has 0 radical (unpaired) electrons. The van der Waals surface area contributed by atoms with Crippen LogP contribution in [0.3, 0.4) is 0 Å². The number of benzene rings is 1. The molecule has 31 heavy (non-hydrogen) atoms. The topological polar surface area (TPSA) is 140 Å². The number of hydrogen-bond acceptors (Lipinski definition) is 6. The van der Waals surface area contributed by atoms with Crippen LogP contribution in [0.15, 0.2) is 41.0 Å². The van der Waals surface area contributed by atoms with Gasteiger partial charge >= 0.3 is 18.0 Å². The zero-order valence-corrected chi connectivity index (χ0v) is 16.1. The fourth-order valence-electron chi connectivity index (χ4n) is 2.63. The third-order valence-electron chi connectivity index (χ3n) is 4.20. The number of nitrogens with one attached hydrogen (secondary N) is 1. The summed E-state index contributed by atoms with van der Waals surface area (Å²) in [6.07, 6.45) is 1.44. The van der Waals surface area contributed by atoms with Gasteiger partial charge < -0.3 is 24.8 Å². The van der Waals surface area contributed by atoms with Crippen molar-refractivity contribution in [2.75, 3.05) is 38.0 Å². The third kappa shape index (κ3) is 6.89. The number of rotatable bonds is 4. The quantitative estimate of drug-likeness (QED) is 0.483. The number of nitrogens with zero attached hydrogens (tertiary/aromatic N) is 2. The molecule has 2 aromatic rings. The molecule has 1 fully saturated rings. The summed E-state index contributed by atoms with van der Waals surface area (Å²) in [4.78, 5) is 45.7. The molecule has 3 rings (SSSR count). The molecule has 0 saturated carbocycles. The molecule has 1 aliphatic rings. The lowest BCUT2D eigenvalue weighted by Crippen LogP contribution is -2.51. The van der Waals surface area contributed by atoms with Gasteiger partial charge in [0.2, 0.25) is 5.78 Å². The van der Waals surface area contributed by atoms with Crippen LogP contribution >= 0.6 is 0 Å². The molecule has 0 atom stereocenters. The molecule has 10 nitrogen and oxygen atoms in total. The zero-order valence-electron chi connectivity index (χ0n) is 16.1. The molecule has 2 heterocycles. The van der Waals surface area contributed by atoms with Gasteiger partial charge in [-0.2, -0.15) is 0 Å². The standard InChI is InChI=1S/C17H17F2N3O3.C2H2O4/c18-12-3-1-4-13(19)16(12)20-17(24)22-8-6-21(7-9-22)11-14(23)15-5-2-10-25-15;3-1(4)2(5)6/h1-5,10H,6-9,11H2,(H,20,24);(H,3,4)(H,5,6). The lowest BCUT2D eigenvalue weighted by atomic mass is 10.2. The van der Waals surface area contributed by atoms with Gasteiger partial charge in [0, 0.05) is 26.2 Å². The normalized spacial score (nSPS) is 13.7. The van der Waals surface area contributed by atoms with E-state index in [2.05, 4.69) is 5.32 Å². The maximum atomic E-state index is 13.6. The number of carbonyl (C=O) groups is 4. The van der Waals surface area contributed by atoms with Crippen molar-refractivity contribution in [1.29, 1.82) is 0 Å². The summed E-state index contributed by atoms with van der Waals surface area (Å²) in [5, 5.41) is 17.0. The van der Waals surface area contributed by atoms with E-state index in [-0.39, 0.29) is 12.3 Å². The summed E-state index contributed by atoms with van der Waals surface area (Å²) >= 11 is 0. The maximum absolute atomic E-state index is 13.6. The number of aliphatic carboxylic acids is 2. The van der Waals surface area contributed by atoms with E-state index in [0.717, 1.165) is 12.1 Å². The Bertz CT molecular complexity index is 910. The van der Waals surface area contributed by atoms with Crippen LogP contribution in [0.5, 0.6) is 0 Å². The smallest absolute Gasteiger partial charge is 0.414 e. The van der Waals surface area contributed by atoms with Crippen LogP contribution in [0.25, 0.3) is 0 Å². The molecule has 166 valence electrons. The number of anilines is 1. The van der Waals surface area contributed by atoms with Crippen LogP contribution in [0.4, 0.5) is 19.3 Å². The van der Waals surface area contributed by atoms with Gasteiger partial charge in [-0.3, -0.25) is 9.69 Å². The summed E-state index contributed by atoms with van der Waals surface area (Å²) in [6, 6.07) is 6.08. The fourth-order valence-corrected chi connectivity index (χ4v) is 2.63. The van der Waals surface area contributed by atoms with Crippen LogP contribution in [0.1, 0.15) is 10.6 Å². The number of ketones is 1. The Kier molecular flexibility index (Phi) is 8.20. The second-order valence-electron chi connectivity index (χ2n) is 6.30. The van der Waals surface area contributed by atoms with Gasteiger partial charge in [0.1, 0.15) is 17.3 Å². The number of carboxylic acids is 2. The van der Waals surface area contributed by atoms with Crippen molar-refractivity contribution < 1.29 is 42.6 Å². The van der Waals surface area contributed by atoms with Crippen LogP contribution in [0.2, 0.25) is 0 Å². The second-order valence-corrected chi connectivity index (χ2v) is 6.30. The fraction of sp³-hybridized carbons (Fsp3) is 0.263. The number of para-hydroxylation sites is 1. The average molecular weight is 439 g/mol. The van der Waals surface area contributed by atoms with E-state index in [1.54, 1.807) is 12.1 Å². The van der Waals surface area contributed by atoms with Crippen molar-refractivity contribution >= 4 is 29.4 Å². The van der Waals surface area contributed by atoms with E-state index >= 15 is 0 Å². The lowest BCUT2D eigenvalue weighted by molar-refractivity contribution is -0.159. The number of hydrogen-bond donors (Lipinski definition) is 3. The van der Waals surface area contributed by atoms with Crippen molar-refractivity contribution in [2.24, 2.45) is 0 Å². The van der Waals surface area contributed by atoms with Crippen LogP contribution in [-0.4, -0.2) is 76.5 Å². The van der Waals surface area contributed by atoms with E-state index in [9.17, 15) is 18.4 Å². The summed E-state index contributed by atoms with van der Waals surface area (Å²) in [5.41, 5.74) is -0.456. The summed E-state index contributed by atoms with van der Waals surface area (Å²) in [6.45, 7) is 1.88. The number of piperazine rings is 1. The van der Waals surface area contributed by atoms with Gasteiger partial charge in [0.15, 0.2) is 5.76 Å². The number of Topliss-reactive ketones (excluding diaryl/α,β-unsaturated/α-hetero) is 1. The Balaban J connectivity index is 0.000000501. The Hall–Kier alpha value is -3.80. The number of urea groups is 1. The molecule has 3 N–H and O–H groups in total. The van der Waals surface area contributed by atoms with E-state index in [1.165, 1.54) is 17.2 Å². The van der Waals surface area contributed by atoms with E-state index in [0.29, 0.717) is 31.9 Å². The average Bonchev–Trinajstić information content (AvgIpc) is 3.27. The highest BCUT2D eigenvalue weighted by Gasteiger charge is 2.24. The summed E-state index contributed by atoms with van der Waals surface area (Å²) in [7, 11) is 0. The SMILES string of the molecule is O=C(CN1CCN(C(=O)Nc2c(F)cccc2F)CC1)c1ccco1.O=C(O)C(=O)O. The van der Waals surface area contributed by atoms with Crippen molar-refractivity contribution in [1.82, 2.24) is 9.80 Å². The molecular weight excluding hydrogens is 420 g/mol. The Labute approximate surface area is 174 Å². The first-order valence-corrected chi connectivity index (χ1v) is 8.94. The van der Waals surface area contributed by atoms with Crippen molar-refractivity contribution in [3.05, 3.63) is 54.0 Å². The van der Waals surface area contributed by atoms with Gasteiger partial charge in [0.05, 0.1) is 12.8 Å². The Morgan fingerprint density at radius 1 is 0.935 bits per heavy atom.